The van der Waals surface area contributed by atoms with Crippen LogP contribution in [0.2, 0.25) is 0 Å². The number of ether oxygens (including phenoxy) is 2. The van der Waals surface area contributed by atoms with Gasteiger partial charge >= 0.3 is 0 Å². The van der Waals surface area contributed by atoms with Crippen LogP contribution in [0.15, 0.2) is 23.6 Å². The molecule has 0 spiro atoms. The molecule has 2 heterocycles. The molecule has 3 rings (SSSR count). The quantitative estimate of drug-likeness (QED) is 0.940. The third-order valence-corrected chi connectivity index (χ3v) is 3.96. The Hall–Kier alpha value is -2.08. The average molecular weight is 304 g/mol. The van der Waals surface area contributed by atoms with Crippen LogP contribution in [0.3, 0.4) is 0 Å². The molecule has 1 aliphatic heterocycles. The van der Waals surface area contributed by atoms with Crippen LogP contribution >= 0.6 is 11.3 Å². The molecule has 2 aromatic rings. The number of benzene rings is 1. The lowest BCUT2D eigenvalue weighted by atomic mass is 10.2. The van der Waals surface area contributed by atoms with Crippen LogP contribution in [0.5, 0.6) is 11.5 Å². The molecule has 0 fully saturated rings. The number of thiazole rings is 1. The van der Waals surface area contributed by atoms with Crippen LogP contribution in [-0.4, -0.2) is 30.6 Å². The van der Waals surface area contributed by atoms with Gasteiger partial charge in [0.05, 0.1) is 10.7 Å². The number of aromatic nitrogens is 1. The minimum Gasteiger partial charge on any atom is -0.486 e. The fraction of sp³-hybridized carbons (Fsp3) is 0.333. The summed E-state index contributed by atoms with van der Waals surface area (Å²) in [5.74, 6) is 1.21. The molecule has 0 bridgehead atoms. The summed E-state index contributed by atoms with van der Waals surface area (Å²) in [5.41, 5.74) is 1.59. The molecule has 0 radical (unpaired) electrons. The first-order chi connectivity index (χ1) is 10.2. The number of hydrogen-bond acceptors (Lipinski definition) is 5. The zero-order valence-corrected chi connectivity index (χ0v) is 12.5. The van der Waals surface area contributed by atoms with Crippen LogP contribution < -0.4 is 14.8 Å². The van der Waals surface area contributed by atoms with Crippen LogP contribution in [0, 0.1) is 6.92 Å². The average Bonchev–Trinajstić information content (AvgIpc) is 2.92. The van der Waals surface area contributed by atoms with E-state index in [1.165, 1.54) is 0 Å². The van der Waals surface area contributed by atoms with E-state index in [4.69, 9.17) is 9.47 Å². The summed E-state index contributed by atoms with van der Waals surface area (Å²) in [5, 5.41) is 5.96. The predicted octanol–water partition coefficient (Wildman–Crippen LogP) is 2.20. The molecule has 6 heteroatoms. The van der Waals surface area contributed by atoms with Crippen molar-refractivity contribution in [3.05, 3.63) is 39.8 Å². The summed E-state index contributed by atoms with van der Waals surface area (Å²) >= 11 is 1.62. The minimum atomic E-state index is -0.112. The zero-order valence-electron chi connectivity index (χ0n) is 11.7. The van der Waals surface area contributed by atoms with Crippen LogP contribution in [-0.2, 0) is 6.42 Å². The van der Waals surface area contributed by atoms with E-state index in [2.05, 4.69) is 10.3 Å². The fourth-order valence-corrected chi connectivity index (χ4v) is 2.76. The predicted molar refractivity (Wildman–Crippen MR) is 80.3 cm³/mol. The van der Waals surface area contributed by atoms with Gasteiger partial charge in [-0.1, -0.05) is 0 Å². The number of aryl methyl sites for hydroxylation is 1. The number of nitrogens with zero attached hydrogens (tertiary/aromatic N) is 1. The number of amides is 1. The molecule has 0 aliphatic carbocycles. The fourth-order valence-electron chi connectivity index (χ4n) is 2.11. The van der Waals surface area contributed by atoms with Crippen LogP contribution in [0.1, 0.15) is 21.1 Å². The third kappa shape index (κ3) is 3.33. The van der Waals surface area contributed by atoms with Crippen molar-refractivity contribution in [2.45, 2.75) is 13.3 Å². The second kappa shape index (κ2) is 6.13. The van der Waals surface area contributed by atoms with Crippen molar-refractivity contribution in [1.82, 2.24) is 10.3 Å². The summed E-state index contributed by atoms with van der Waals surface area (Å²) in [4.78, 5) is 16.5. The van der Waals surface area contributed by atoms with Gasteiger partial charge in [-0.05, 0) is 25.1 Å². The SMILES string of the molecule is Cc1nc(CCNC(=O)c2ccc3c(c2)OCCO3)cs1. The molecule has 1 aliphatic rings. The van der Waals surface area contributed by atoms with Crippen molar-refractivity contribution in [1.29, 1.82) is 0 Å². The first kappa shape index (κ1) is 13.9. The van der Waals surface area contributed by atoms with E-state index in [9.17, 15) is 4.79 Å². The van der Waals surface area contributed by atoms with E-state index >= 15 is 0 Å². The summed E-state index contributed by atoms with van der Waals surface area (Å²) in [6, 6.07) is 5.24. The van der Waals surface area contributed by atoms with Gasteiger partial charge in [0, 0.05) is 23.9 Å². The Morgan fingerprint density at radius 2 is 2.14 bits per heavy atom. The number of carbonyl (C=O) groups excluding carboxylic acids is 1. The summed E-state index contributed by atoms with van der Waals surface area (Å²) < 4.78 is 10.9. The highest BCUT2D eigenvalue weighted by Gasteiger charge is 2.14. The molecule has 21 heavy (non-hydrogen) atoms. The van der Waals surface area contributed by atoms with Gasteiger partial charge in [0.1, 0.15) is 13.2 Å². The number of carbonyl (C=O) groups is 1. The second-order valence-electron chi connectivity index (χ2n) is 4.72. The van der Waals surface area contributed by atoms with Gasteiger partial charge in [0.25, 0.3) is 5.91 Å². The van der Waals surface area contributed by atoms with Gasteiger partial charge in [-0.25, -0.2) is 4.98 Å². The van der Waals surface area contributed by atoms with E-state index in [-0.39, 0.29) is 5.91 Å². The Bertz CT molecular complexity index is 654. The first-order valence-corrected chi connectivity index (χ1v) is 7.69. The van der Waals surface area contributed by atoms with Gasteiger partial charge in [-0.2, -0.15) is 0 Å². The molecule has 0 saturated carbocycles. The molecular formula is C15H16N2O3S. The van der Waals surface area contributed by atoms with Crippen LogP contribution in [0.25, 0.3) is 0 Å². The van der Waals surface area contributed by atoms with Crippen LogP contribution in [0.4, 0.5) is 0 Å². The standard InChI is InChI=1S/C15H16N2O3S/c1-10-17-12(9-21-10)4-5-16-15(18)11-2-3-13-14(8-11)20-7-6-19-13/h2-3,8-9H,4-7H2,1H3,(H,16,18). The molecule has 1 aromatic heterocycles. The maximum Gasteiger partial charge on any atom is 0.251 e. The number of fused-ring (bicyclic) bond motifs is 1. The number of hydrogen-bond donors (Lipinski definition) is 1. The van der Waals surface area contributed by atoms with Gasteiger partial charge in [-0.3, -0.25) is 4.79 Å². The Morgan fingerprint density at radius 1 is 1.33 bits per heavy atom. The molecule has 1 N–H and O–H groups in total. The highest BCUT2D eigenvalue weighted by Crippen LogP contribution is 2.30. The van der Waals surface area contributed by atoms with Gasteiger partial charge in [-0.15, -0.1) is 11.3 Å². The van der Waals surface area contributed by atoms with Gasteiger partial charge < -0.3 is 14.8 Å². The monoisotopic (exact) mass is 304 g/mol. The molecule has 1 aromatic carbocycles. The van der Waals surface area contributed by atoms with Gasteiger partial charge in [0.2, 0.25) is 0 Å². The maximum atomic E-state index is 12.1. The van der Waals surface area contributed by atoms with Crippen molar-refractivity contribution in [2.24, 2.45) is 0 Å². The van der Waals surface area contributed by atoms with Crippen molar-refractivity contribution in [3.63, 3.8) is 0 Å². The second-order valence-corrected chi connectivity index (χ2v) is 5.78. The highest BCUT2D eigenvalue weighted by atomic mass is 32.1. The number of rotatable bonds is 4. The Kier molecular flexibility index (Phi) is 4.06. The van der Waals surface area contributed by atoms with Crippen molar-refractivity contribution >= 4 is 17.2 Å². The van der Waals surface area contributed by atoms with E-state index < -0.39 is 0 Å². The van der Waals surface area contributed by atoms with Crippen molar-refractivity contribution in [3.8, 4) is 11.5 Å². The normalized spacial score (nSPS) is 13.0. The first-order valence-electron chi connectivity index (χ1n) is 6.81. The van der Waals surface area contributed by atoms with Gasteiger partial charge in [0.15, 0.2) is 11.5 Å². The largest absolute Gasteiger partial charge is 0.486 e. The lowest BCUT2D eigenvalue weighted by Gasteiger charge is -2.18. The molecular weight excluding hydrogens is 288 g/mol. The summed E-state index contributed by atoms with van der Waals surface area (Å²) in [6.45, 7) is 3.60. The van der Waals surface area contributed by atoms with E-state index in [0.717, 1.165) is 17.1 Å². The molecule has 1 amide bonds. The van der Waals surface area contributed by atoms with E-state index in [0.29, 0.717) is 36.8 Å². The Balaban J connectivity index is 1.57. The molecule has 0 saturated heterocycles. The zero-order chi connectivity index (χ0) is 14.7. The van der Waals surface area contributed by atoms with Crippen molar-refractivity contribution in [2.75, 3.05) is 19.8 Å². The smallest absolute Gasteiger partial charge is 0.251 e. The highest BCUT2D eigenvalue weighted by molar-refractivity contribution is 7.09. The summed E-state index contributed by atoms with van der Waals surface area (Å²) in [7, 11) is 0. The number of nitrogens with one attached hydrogen (secondary N) is 1. The minimum absolute atomic E-state index is 0.112. The maximum absolute atomic E-state index is 12.1. The molecule has 0 unspecified atom stereocenters. The lowest BCUT2D eigenvalue weighted by Crippen LogP contribution is -2.26. The topological polar surface area (TPSA) is 60.5 Å². The van der Waals surface area contributed by atoms with E-state index in [1.807, 2.05) is 12.3 Å². The lowest BCUT2D eigenvalue weighted by molar-refractivity contribution is 0.0953. The molecule has 110 valence electrons. The van der Waals surface area contributed by atoms with E-state index in [1.54, 1.807) is 29.5 Å². The third-order valence-electron chi connectivity index (χ3n) is 3.14. The Labute approximate surface area is 126 Å². The molecule has 5 nitrogen and oxygen atoms in total. The summed E-state index contributed by atoms with van der Waals surface area (Å²) in [6.07, 6.45) is 0.737. The molecule has 0 atom stereocenters. The van der Waals surface area contributed by atoms with Crippen molar-refractivity contribution < 1.29 is 14.3 Å². The Morgan fingerprint density at radius 3 is 2.90 bits per heavy atom.